The average molecular weight is 614 g/mol. The Kier molecular flexibility index (Phi) is 12.5. The molecule has 45 heavy (non-hydrogen) atoms. The number of esters is 1. The molecule has 0 bridgehead atoms. The Hall–Kier alpha value is -5.35. The van der Waals surface area contributed by atoms with E-state index in [2.05, 4.69) is 24.9 Å². The second-order valence-electron chi connectivity index (χ2n) is 10.0. The first-order valence-corrected chi connectivity index (χ1v) is 14.2. The number of rotatable bonds is 14. The molecule has 0 aliphatic carbocycles. The quantitative estimate of drug-likeness (QED) is 0.0315. The highest BCUT2D eigenvalue weighted by Gasteiger charge is 2.25. The van der Waals surface area contributed by atoms with Crippen molar-refractivity contribution in [3.63, 3.8) is 0 Å². The molecule has 1 aliphatic heterocycles. The van der Waals surface area contributed by atoms with E-state index in [4.69, 9.17) is 19.4 Å². The molecule has 3 aromatic carbocycles. The Morgan fingerprint density at radius 1 is 1.02 bits per heavy atom. The molecule has 0 radical (unpaired) electrons. The van der Waals surface area contributed by atoms with Gasteiger partial charge in [0.1, 0.15) is 0 Å². The van der Waals surface area contributed by atoms with Crippen LogP contribution in [0.15, 0.2) is 96.2 Å². The van der Waals surface area contributed by atoms with E-state index in [1.165, 1.54) is 6.21 Å². The molecule has 1 heterocycles. The first kappa shape index (κ1) is 34.1. The normalized spacial score (nSPS) is 13.9. The molecule has 0 aromatic heterocycles. The number of nitrogens with zero attached hydrogens (tertiary/aromatic N) is 1. The van der Waals surface area contributed by atoms with Gasteiger partial charge >= 0.3 is 23.9 Å². The zero-order valence-corrected chi connectivity index (χ0v) is 25.0. The summed E-state index contributed by atoms with van der Waals surface area (Å²) in [4.78, 5) is 49.4. The number of benzene rings is 3. The molecule has 2 N–H and O–H groups in total. The van der Waals surface area contributed by atoms with E-state index in [9.17, 15) is 24.3 Å². The Morgan fingerprint density at radius 3 is 2.38 bits per heavy atom. The number of carboxylic acids is 2. The second-order valence-corrected chi connectivity index (χ2v) is 10.0. The first-order valence-electron chi connectivity index (χ1n) is 14.2. The van der Waals surface area contributed by atoms with Crippen LogP contribution in [0.25, 0.3) is 27.6 Å². The van der Waals surface area contributed by atoms with Crippen LogP contribution >= 0.6 is 0 Å². The van der Waals surface area contributed by atoms with Gasteiger partial charge in [-0.15, -0.1) is 0 Å². The van der Waals surface area contributed by atoms with Crippen LogP contribution in [0.5, 0.6) is 0 Å². The fraction of sp³-hybridized carbons (Fsp3) is 0.229. The van der Waals surface area contributed by atoms with Crippen molar-refractivity contribution in [1.29, 1.82) is 0 Å². The SMILES string of the molecule is C=C(CCCOC(=O)C(=C)CC1CO1)C(=O)O.C=CC(=O)ON=Cc1c2ccccc2cc2cccc(C=C(CC)C(=O)O)c12. The number of fused-ring (bicyclic) bond motifs is 2. The Bertz CT molecular complexity index is 1700. The summed E-state index contributed by atoms with van der Waals surface area (Å²) in [6, 6.07) is 15.5. The Labute approximate surface area is 260 Å². The Balaban J connectivity index is 0.000000279. The number of oxime groups is 1. The van der Waals surface area contributed by atoms with Gasteiger partial charge in [-0.25, -0.2) is 19.2 Å². The van der Waals surface area contributed by atoms with Gasteiger partial charge in [-0.1, -0.05) is 74.3 Å². The van der Waals surface area contributed by atoms with Crippen LogP contribution in [0.4, 0.5) is 0 Å². The van der Waals surface area contributed by atoms with Crippen molar-refractivity contribution in [3.05, 3.63) is 102 Å². The van der Waals surface area contributed by atoms with Crippen molar-refractivity contribution in [2.75, 3.05) is 13.2 Å². The van der Waals surface area contributed by atoms with E-state index in [1.54, 1.807) is 13.0 Å². The van der Waals surface area contributed by atoms with Crippen LogP contribution in [-0.2, 0) is 33.5 Å². The number of carbonyl (C=O) groups excluding carboxylic acids is 2. The maximum atomic E-state index is 11.5. The van der Waals surface area contributed by atoms with Crippen LogP contribution in [0.2, 0.25) is 0 Å². The number of hydrogen-bond acceptors (Lipinski definition) is 8. The summed E-state index contributed by atoms with van der Waals surface area (Å²) < 4.78 is 9.90. The van der Waals surface area contributed by atoms with Gasteiger partial charge in [-0.05, 0) is 58.5 Å². The van der Waals surface area contributed by atoms with Crippen LogP contribution < -0.4 is 0 Å². The van der Waals surface area contributed by atoms with Crippen molar-refractivity contribution in [1.82, 2.24) is 0 Å². The lowest BCUT2D eigenvalue weighted by atomic mass is 9.93. The van der Waals surface area contributed by atoms with Gasteiger partial charge in [0.2, 0.25) is 0 Å². The maximum Gasteiger partial charge on any atom is 0.357 e. The molecule has 4 rings (SSSR count). The predicted octanol–water partition coefficient (Wildman–Crippen LogP) is 6.23. The minimum absolute atomic E-state index is 0.113. The zero-order valence-electron chi connectivity index (χ0n) is 25.0. The van der Waals surface area contributed by atoms with Crippen molar-refractivity contribution >= 4 is 57.7 Å². The summed E-state index contributed by atoms with van der Waals surface area (Å²) in [6.45, 7) is 13.0. The van der Waals surface area contributed by atoms with Gasteiger partial charge in [0.15, 0.2) is 0 Å². The number of carbonyl (C=O) groups is 4. The molecule has 3 aromatic rings. The molecule has 0 saturated carbocycles. The van der Waals surface area contributed by atoms with Crippen molar-refractivity contribution < 1.29 is 43.7 Å². The summed E-state index contributed by atoms with van der Waals surface area (Å²) in [5.41, 5.74) is 2.33. The van der Waals surface area contributed by atoms with Crippen molar-refractivity contribution in [2.45, 2.75) is 38.7 Å². The highest BCUT2D eigenvalue weighted by atomic mass is 16.7. The van der Waals surface area contributed by atoms with Gasteiger partial charge in [0, 0.05) is 34.8 Å². The first-order chi connectivity index (χ1) is 21.5. The average Bonchev–Trinajstić information content (AvgIpc) is 3.85. The molecule has 10 nitrogen and oxygen atoms in total. The fourth-order valence-electron chi connectivity index (χ4n) is 4.32. The summed E-state index contributed by atoms with van der Waals surface area (Å²) in [7, 11) is 0. The van der Waals surface area contributed by atoms with Gasteiger partial charge in [-0.3, -0.25) is 0 Å². The van der Waals surface area contributed by atoms with E-state index in [1.807, 2.05) is 48.5 Å². The molecule has 1 atom stereocenters. The largest absolute Gasteiger partial charge is 0.478 e. The highest BCUT2D eigenvalue weighted by molar-refractivity contribution is 6.16. The third kappa shape index (κ3) is 10.1. The smallest absolute Gasteiger partial charge is 0.357 e. The van der Waals surface area contributed by atoms with Gasteiger partial charge in [0.05, 0.1) is 25.5 Å². The number of ether oxygens (including phenoxy) is 2. The van der Waals surface area contributed by atoms with Crippen LogP contribution in [0.1, 0.15) is 43.7 Å². The lowest BCUT2D eigenvalue weighted by Gasteiger charge is -2.11. The minimum Gasteiger partial charge on any atom is -0.478 e. The number of hydrogen-bond donors (Lipinski definition) is 2. The third-order valence-electron chi connectivity index (χ3n) is 6.76. The van der Waals surface area contributed by atoms with E-state index in [-0.39, 0.29) is 18.3 Å². The summed E-state index contributed by atoms with van der Waals surface area (Å²) in [5, 5.41) is 25.5. The zero-order chi connectivity index (χ0) is 32.9. The lowest BCUT2D eigenvalue weighted by molar-refractivity contribution is -0.139. The fourth-order valence-corrected chi connectivity index (χ4v) is 4.32. The van der Waals surface area contributed by atoms with Crippen molar-refractivity contribution in [3.8, 4) is 0 Å². The number of aliphatic carboxylic acids is 2. The van der Waals surface area contributed by atoms with E-state index < -0.39 is 23.9 Å². The summed E-state index contributed by atoms with van der Waals surface area (Å²) in [6.07, 6.45) is 5.96. The maximum absolute atomic E-state index is 11.5. The Morgan fingerprint density at radius 2 is 1.73 bits per heavy atom. The van der Waals surface area contributed by atoms with Crippen LogP contribution in [-0.4, -0.2) is 59.6 Å². The second kappa shape index (κ2) is 16.5. The molecule has 1 unspecified atom stereocenters. The molecular formula is C35H35NO9. The molecule has 10 heteroatoms. The van der Waals surface area contributed by atoms with Crippen molar-refractivity contribution in [2.24, 2.45) is 5.16 Å². The third-order valence-corrected chi connectivity index (χ3v) is 6.76. The van der Waals surface area contributed by atoms with E-state index in [0.717, 1.165) is 38.7 Å². The monoisotopic (exact) mass is 613 g/mol. The summed E-state index contributed by atoms with van der Waals surface area (Å²) in [5.74, 6) is -3.07. The molecule has 234 valence electrons. The van der Waals surface area contributed by atoms with E-state index >= 15 is 0 Å². The standard InChI is InChI=1S/C23H19NO4.C12H16O5/c1-3-15(23(26)27)12-17-9-7-10-18-13-16-8-5-6-11-19(16)20(22(17)18)14-24-28-21(25)4-2;1-8(11(13)14)4-3-5-16-12(15)9(2)6-10-7-17-10/h4-14H,2-3H2,1H3,(H,26,27);10H,1-7H2,(H,13,14). The van der Waals surface area contributed by atoms with Crippen LogP contribution in [0, 0.1) is 0 Å². The molecule has 1 saturated heterocycles. The minimum atomic E-state index is -1.02. The lowest BCUT2D eigenvalue weighted by Crippen LogP contribution is -2.10. The topological polar surface area (TPSA) is 152 Å². The highest BCUT2D eigenvalue weighted by Crippen LogP contribution is 2.31. The van der Waals surface area contributed by atoms with Gasteiger partial charge in [-0.2, -0.15) is 0 Å². The van der Waals surface area contributed by atoms with Crippen LogP contribution in [0.3, 0.4) is 0 Å². The van der Waals surface area contributed by atoms with E-state index in [0.29, 0.717) is 43.4 Å². The molecule has 0 amide bonds. The van der Waals surface area contributed by atoms with Gasteiger partial charge < -0.3 is 24.5 Å². The summed E-state index contributed by atoms with van der Waals surface area (Å²) >= 11 is 0. The molecule has 1 aliphatic rings. The molecule has 0 spiro atoms. The number of epoxide rings is 1. The van der Waals surface area contributed by atoms with Gasteiger partial charge in [0.25, 0.3) is 0 Å². The molecular weight excluding hydrogens is 578 g/mol. The predicted molar refractivity (Wildman–Crippen MR) is 172 cm³/mol. The number of carboxylic acid groups (broad SMARTS) is 2. The molecule has 1 fully saturated rings.